The van der Waals surface area contributed by atoms with Gasteiger partial charge in [-0.1, -0.05) is 18.2 Å². The van der Waals surface area contributed by atoms with Crippen LogP contribution in [0.25, 0.3) is 0 Å². The van der Waals surface area contributed by atoms with Gasteiger partial charge in [0, 0.05) is 32.1 Å². The summed E-state index contributed by atoms with van der Waals surface area (Å²) in [5.41, 5.74) is 0.741. The molecule has 1 aromatic carbocycles. The summed E-state index contributed by atoms with van der Waals surface area (Å²) in [6, 6.07) is 8.00. The fourth-order valence-electron chi connectivity index (χ4n) is 3.14. The maximum absolute atomic E-state index is 12.5. The quantitative estimate of drug-likeness (QED) is 0.857. The van der Waals surface area contributed by atoms with Gasteiger partial charge in [-0.25, -0.2) is 0 Å². The van der Waals surface area contributed by atoms with Crippen molar-refractivity contribution in [2.24, 2.45) is 0 Å². The van der Waals surface area contributed by atoms with E-state index in [1.807, 2.05) is 29.2 Å². The summed E-state index contributed by atoms with van der Waals surface area (Å²) < 4.78 is 16.9. The SMILES string of the molecule is COCCC(=O)N1Cc2ccccc2OC2(CCOCC2)C1. The molecule has 0 saturated carbocycles. The summed E-state index contributed by atoms with van der Waals surface area (Å²) in [6.45, 7) is 3.04. The van der Waals surface area contributed by atoms with Crippen molar-refractivity contribution in [3.63, 3.8) is 0 Å². The number of rotatable bonds is 3. The number of hydrogen-bond acceptors (Lipinski definition) is 4. The minimum absolute atomic E-state index is 0.119. The predicted octanol–water partition coefficient (Wildman–Crippen LogP) is 1.99. The first-order valence-corrected chi connectivity index (χ1v) is 7.84. The van der Waals surface area contributed by atoms with Gasteiger partial charge in [-0.05, 0) is 6.07 Å². The van der Waals surface area contributed by atoms with E-state index in [9.17, 15) is 4.79 Å². The lowest BCUT2D eigenvalue weighted by atomic mass is 9.93. The van der Waals surface area contributed by atoms with Crippen molar-refractivity contribution in [2.75, 3.05) is 33.5 Å². The Morgan fingerprint density at radius 2 is 2.09 bits per heavy atom. The third-order valence-electron chi connectivity index (χ3n) is 4.42. The van der Waals surface area contributed by atoms with Crippen LogP contribution in [0.3, 0.4) is 0 Å². The zero-order chi connectivity index (χ0) is 15.4. The third kappa shape index (κ3) is 3.25. The van der Waals surface area contributed by atoms with Gasteiger partial charge >= 0.3 is 0 Å². The van der Waals surface area contributed by atoms with Gasteiger partial charge in [0.2, 0.25) is 5.91 Å². The summed E-state index contributed by atoms with van der Waals surface area (Å²) >= 11 is 0. The second-order valence-electron chi connectivity index (χ2n) is 6.00. The molecule has 120 valence electrons. The standard InChI is InChI=1S/C17H23NO4/c1-20-9-6-16(19)18-12-14-4-2-3-5-15(14)22-17(13-18)7-10-21-11-8-17/h2-5H,6-13H2,1H3. The van der Waals surface area contributed by atoms with Crippen LogP contribution in [-0.2, 0) is 20.8 Å². The number of carbonyl (C=O) groups is 1. The molecule has 0 unspecified atom stereocenters. The second-order valence-corrected chi connectivity index (χ2v) is 6.00. The van der Waals surface area contributed by atoms with Crippen LogP contribution in [0.2, 0.25) is 0 Å². The number of amides is 1. The molecule has 1 fully saturated rings. The van der Waals surface area contributed by atoms with Crippen LogP contribution in [0.4, 0.5) is 0 Å². The van der Waals surface area contributed by atoms with E-state index in [4.69, 9.17) is 14.2 Å². The maximum Gasteiger partial charge on any atom is 0.225 e. The van der Waals surface area contributed by atoms with Crippen molar-refractivity contribution >= 4 is 5.91 Å². The van der Waals surface area contributed by atoms with Crippen molar-refractivity contribution in [1.82, 2.24) is 4.90 Å². The van der Waals surface area contributed by atoms with Crippen LogP contribution < -0.4 is 4.74 Å². The van der Waals surface area contributed by atoms with E-state index in [0.29, 0.717) is 39.3 Å². The van der Waals surface area contributed by atoms with Gasteiger partial charge < -0.3 is 19.1 Å². The molecule has 0 bridgehead atoms. The molecule has 22 heavy (non-hydrogen) atoms. The Bertz CT molecular complexity index is 525. The molecule has 3 rings (SSSR count). The molecule has 1 aromatic rings. The largest absolute Gasteiger partial charge is 0.485 e. The van der Waals surface area contributed by atoms with Crippen molar-refractivity contribution in [2.45, 2.75) is 31.4 Å². The van der Waals surface area contributed by atoms with Gasteiger partial charge in [0.15, 0.2) is 0 Å². The number of hydrogen-bond donors (Lipinski definition) is 0. The molecule has 1 spiro atoms. The average Bonchev–Trinajstić information content (AvgIpc) is 2.69. The molecule has 2 aliphatic rings. The second kappa shape index (κ2) is 6.67. The zero-order valence-corrected chi connectivity index (χ0v) is 13.0. The Hall–Kier alpha value is -1.59. The number of fused-ring (bicyclic) bond motifs is 1. The molecule has 0 aliphatic carbocycles. The van der Waals surface area contributed by atoms with Crippen molar-refractivity contribution in [1.29, 1.82) is 0 Å². The summed E-state index contributed by atoms with van der Waals surface area (Å²) in [7, 11) is 1.62. The highest BCUT2D eigenvalue weighted by Gasteiger charge is 2.40. The Morgan fingerprint density at radius 1 is 1.32 bits per heavy atom. The highest BCUT2D eigenvalue weighted by molar-refractivity contribution is 5.76. The van der Waals surface area contributed by atoms with Crippen LogP contribution in [0, 0.1) is 0 Å². The van der Waals surface area contributed by atoms with E-state index in [-0.39, 0.29) is 11.5 Å². The first-order valence-electron chi connectivity index (χ1n) is 7.84. The Balaban J connectivity index is 1.86. The molecule has 5 heteroatoms. The first-order chi connectivity index (χ1) is 10.7. The van der Waals surface area contributed by atoms with Gasteiger partial charge in [-0.2, -0.15) is 0 Å². The van der Waals surface area contributed by atoms with E-state index in [1.165, 1.54) is 0 Å². The molecule has 2 heterocycles. The minimum atomic E-state index is -0.326. The highest BCUT2D eigenvalue weighted by Crippen LogP contribution is 2.35. The number of para-hydroxylation sites is 1. The summed E-state index contributed by atoms with van der Waals surface area (Å²) in [4.78, 5) is 14.4. The zero-order valence-electron chi connectivity index (χ0n) is 13.0. The highest BCUT2D eigenvalue weighted by atomic mass is 16.5. The fraction of sp³-hybridized carbons (Fsp3) is 0.588. The summed E-state index contributed by atoms with van der Waals surface area (Å²) in [6.07, 6.45) is 2.04. The van der Waals surface area contributed by atoms with Crippen LogP contribution in [0.5, 0.6) is 5.75 Å². The Kier molecular flexibility index (Phi) is 4.64. The fourth-order valence-corrected chi connectivity index (χ4v) is 3.14. The molecular formula is C17H23NO4. The number of ether oxygens (including phenoxy) is 3. The maximum atomic E-state index is 12.5. The molecule has 0 radical (unpaired) electrons. The number of nitrogens with zero attached hydrogens (tertiary/aromatic N) is 1. The minimum Gasteiger partial charge on any atom is -0.485 e. The van der Waals surface area contributed by atoms with Gasteiger partial charge in [0.1, 0.15) is 11.4 Å². The van der Waals surface area contributed by atoms with Crippen molar-refractivity contribution < 1.29 is 19.0 Å². The monoisotopic (exact) mass is 305 g/mol. The number of benzene rings is 1. The van der Waals surface area contributed by atoms with Crippen molar-refractivity contribution in [3.8, 4) is 5.75 Å². The molecule has 1 saturated heterocycles. The van der Waals surface area contributed by atoms with Crippen LogP contribution in [0.1, 0.15) is 24.8 Å². The van der Waals surface area contributed by atoms with E-state index >= 15 is 0 Å². The Morgan fingerprint density at radius 3 is 2.86 bits per heavy atom. The lowest BCUT2D eigenvalue weighted by Crippen LogP contribution is -2.50. The normalized spacial score (nSPS) is 20.1. The smallest absolute Gasteiger partial charge is 0.225 e. The lowest BCUT2D eigenvalue weighted by molar-refractivity contribution is -0.137. The molecule has 2 aliphatic heterocycles. The van der Waals surface area contributed by atoms with Gasteiger partial charge in [-0.3, -0.25) is 4.79 Å². The molecule has 0 atom stereocenters. The van der Waals surface area contributed by atoms with Crippen LogP contribution in [-0.4, -0.2) is 49.9 Å². The third-order valence-corrected chi connectivity index (χ3v) is 4.42. The van der Waals surface area contributed by atoms with Crippen LogP contribution >= 0.6 is 0 Å². The number of methoxy groups -OCH3 is 1. The topological polar surface area (TPSA) is 48.0 Å². The number of carbonyl (C=O) groups excluding carboxylic acids is 1. The molecule has 1 amide bonds. The van der Waals surface area contributed by atoms with Crippen LogP contribution in [0.15, 0.2) is 24.3 Å². The van der Waals surface area contributed by atoms with E-state index in [1.54, 1.807) is 7.11 Å². The molecule has 5 nitrogen and oxygen atoms in total. The molecule has 0 N–H and O–H groups in total. The predicted molar refractivity (Wildman–Crippen MR) is 81.8 cm³/mol. The van der Waals surface area contributed by atoms with Crippen molar-refractivity contribution in [3.05, 3.63) is 29.8 Å². The average molecular weight is 305 g/mol. The Labute approximate surface area is 131 Å². The molecule has 0 aromatic heterocycles. The van der Waals surface area contributed by atoms with E-state index < -0.39 is 0 Å². The molecular weight excluding hydrogens is 282 g/mol. The first kappa shape index (κ1) is 15.3. The van der Waals surface area contributed by atoms with E-state index in [0.717, 1.165) is 24.2 Å². The van der Waals surface area contributed by atoms with Gasteiger partial charge in [0.05, 0.1) is 32.8 Å². The summed E-state index contributed by atoms with van der Waals surface area (Å²) in [5, 5.41) is 0. The van der Waals surface area contributed by atoms with Gasteiger partial charge in [0.25, 0.3) is 0 Å². The summed E-state index contributed by atoms with van der Waals surface area (Å²) in [5.74, 6) is 1.01. The van der Waals surface area contributed by atoms with Gasteiger partial charge in [-0.15, -0.1) is 0 Å². The lowest BCUT2D eigenvalue weighted by Gasteiger charge is -2.38. The van der Waals surface area contributed by atoms with E-state index in [2.05, 4.69) is 0 Å².